The molecule has 0 aliphatic heterocycles. The molecule has 0 spiro atoms. The Bertz CT molecular complexity index is 809. The van der Waals surface area contributed by atoms with Crippen molar-refractivity contribution in [3.05, 3.63) is 38.3 Å². The Morgan fingerprint density at radius 1 is 1.40 bits per heavy atom. The molecule has 0 bridgehead atoms. The molecule has 3 heterocycles. The van der Waals surface area contributed by atoms with Gasteiger partial charge in [-0.3, -0.25) is 4.57 Å². The van der Waals surface area contributed by atoms with Gasteiger partial charge < -0.3 is 9.72 Å². The molecule has 104 valence electrons. The number of pyridine rings is 1. The third-order valence-corrected chi connectivity index (χ3v) is 4.79. The second-order valence-electron chi connectivity index (χ2n) is 4.69. The van der Waals surface area contributed by atoms with Gasteiger partial charge in [-0.1, -0.05) is 0 Å². The number of aromatic nitrogens is 3. The first-order chi connectivity index (χ1) is 9.58. The van der Waals surface area contributed by atoms with Crippen LogP contribution in [0.1, 0.15) is 15.3 Å². The van der Waals surface area contributed by atoms with Crippen LogP contribution >= 0.6 is 23.6 Å². The third kappa shape index (κ3) is 2.25. The second kappa shape index (κ2) is 5.03. The van der Waals surface area contributed by atoms with Crippen LogP contribution in [0.5, 0.6) is 5.88 Å². The Kier molecular flexibility index (Phi) is 3.35. The molecule has 6 heteroatoms. The van der Waals surface area contributed by atoms with Crippen LogP contribution in [0.4, 0.5) is 0 Å². The highest BCUT2D eigenvalue weighted by Crippen LogP contribution is 2.24. The van der Waals surface area contributed by atoms with E-state index in [1.807, 2.05) is 16.7 Å². The number of nitrogens with one attached hydrogen (secondary N) is 1. The Morgan fingerprint density at radius 2 is 2.20 bits per heavy atom. The van der Waals surface area contributed by atoms with E-state index in [1.54, 1.807) is 18.4 Å². The highest BCUT2D eigenvalue weighted by molar-refractivity contribution is 7.71. The molecule has 0 atom stereocenters. The molecule has 20 heavy (non-hydrogen) atoms. The molecule has 0 fully saturated rings. The summed E-state index contributed by atoms with van der Waals surface area (Å²) in [6.07, 6.45) is 0. The molecule has 4 nitrogen and oxygen atoms in total. The van der Waals surface area contributed by atoms with E-state index < -0.39 is 0 Å². The Morgan fingerprint density at radius 3 is 2.85 bits per heavy atom. The van der Waals surface area contributed by atoms with E-state index >= 15 is 0 Å². The van der Waals surface area contributed by atoms with Gasteiger partial charge in [0.1, 0.15) is 0 Å². The summed E-state index contributed by atoms with van der Waals surface area (Å²) >= 11 is 7.20. The number of hydrogen-bond acceptors (Lipinski definition) is 4. The molecule has 3 aromatic rings. The zero-order valence-corrected chi connectivity index (χ0v) is 13.2. The summed E-state index contributed by atoms with van der Waals surface area (Å²) in [5.41, 5.74) is 3.08. The number of aryl methyl sites for hydroxylation is 2. The number of fused-ring (bicyclic) bond motifs is 1. The fraction of sp³-hybridized carbons (Fsp3) is 0.286. The number of hydrogen-bond donors (Lipinski definition) is 1. The van der Waals surface area contributed by atoms with Crippen molar-refractivity contribution in [3.8, 4) is 5.88 Å². The van der Waals surface area contributed by atoms with Crippen molar-refractivity contribution >= 4 is 34.7 Å². The molecule has 0 aliphatic rings. The van der Waals surface area contributed by atoms with E-state index in [0.717, 1.165) is 17.7 Å². The molecule has 3 rings (SSSR count). The molecule has 0 saturated heterocycles. The number of imidazole rings is 1. The quantitative estimate of drug-likeness (QED) is 0.748. The monoisotopic (exact) mass is 305 g/mol. The lowest BCUT2D eigenvalue weighted by molar-refractivity contribution is 0.399. The van der Waals surface area contributed by atoms with Crippen molar-refractivity contribution in [2.24, 2.45) is 0 Å². The number of ether oxygens (including phenoxy) is 1. The van der Waals surface area contributed by atoms with Crippen LogP contribution in [-0.2, 0) is 6.54 Å². The summed E-state index contributed by atoms with van der Waals surface area (Å²) in [6.45, 7) is 5.00. The van der Waals surface area contributed by atoms with E-state index in [-0.39, 0.29) is 0 Å². The molecule has 0 aromatic carbocycles. The topological polar surface area (TPSA) is 42.8 Å². The zero-order chi connectivity index (χ0) is 14.3. The lowest BCUT2D eigenvalue weighted by Gasteiger charge is -2.03. The van der Waals surface area contributed by atoms with Crippen LogP contribution in [0.25, 0.3) is 11.2 Å². The number of H-pyrrole nitrogens is 1. The normalized spacial score (nSPS) is 11.2. The van der Waals surface area contributed by atoms with Crippen LogP contribution in [0.15, 0.2) is 18.2 Å². The standard InChI is InChI=1S/C14H15N3OS2/c1-8-6-10(20-9(8)2)7-17-13-11(15-14(17)19)4-5-12(16-13)18-3/h4-6H,7H2,1-3H3,(H,15,19). The predicted octanol–water partition coefficient (Wildman–Crippen LogP) is 3.83. The molecule has 0 aliphatic carbocycles. The van der Waals surface area contributed by atoms with Gasteiger partial charge in [0.25, 0.3) is 0 Å². The van der Waals surface area contributed by atoms with Gasteiger partial charge in [0, 0.05) is 15.8 Å². The molecule has 0 saturated carbocycles. The van der Waals surface area contributed by atoms with Crippen molar-refractivity contribution in [1.82, 2.24) is 14.5 Å². The van der Waals surface area contributed by atoms with E-state index in [9.17, 15) is 0 Å². The van der Waals surface area contributed by atoms with E-state index in [1.165, 1.54) is 15.3 Å². The lowest BCUT2D eigenvalue weighted by atomic mass is 10.3. The van der Waals surface area contributed by atoms with Crippen molar-refractivity contribution in [3.63, 3.8) is 0 Å². The smallest absolute Gasteiger partial charge is 0.215 e. The number of methoxy groups -OCH3 is 1. The summed E-state index contributed by atoms with van der Waals surface area (Å²) < 4.78 is 7.89. The Labute approximate surface area is 126 Å². The zero-order valence-electron chi connectivity index (χ0n) is 11.6. The van der Waals surface area contributed by atoms with Crippen LogP contribution in [0.2, 0.25) is 0 Å². The van der Waals surface area contributed by atoms with Gasteiger partial charge in [-0.25, -0.2) is 0 Å². The number of thiophene rings is 1. The van der Waals surface area contributed by atoms with Gasteiger partial charge >= 0.3 is 0 Å². The van der Waals surface area contributed by atoms with Crippen LogP contribution in [-0.4, -0.2) is 21.6 Å². The number of rotatable bonds is 3. The summed E-state index contributed by atoms with van der Waals surface area (Å²) in [5.74, 6) is 0.596. The van der Waals surface area contributed by atoms with Crippen LogP contribution in [0.3, 0.4) is 0 Å². The fourth-order valence-electron chi connectivity index (χ4n) is 2.16. The molecular weight excluding hydrogens is 290 g/mol. The number of aromatic amines is 1. The number of nitrogens with zero attached hydrogens (tertiary/aromatic N) is 2. The maximum absolute atomic E-state index is 5.40. The molecule has 3 aromatic heterocycles. The van der Waals surface area contributed by atoms with Crippen molar-refractivity contribution in [2.45, 2.75) is 20.4 Å². The van der Waals surface area contributed by atoms with Gasteiger partial charge in [0.15, 0.2) is 10.4 Å². The third-order valence-electron chi connectivity index (χ3n) is 3.33. The van der Waals surface area contributed by atoms with Crippen molar-refractivity contribution < 1.29 is 4.74 Å². The predicted molar refractivity (Wildman–Crippen MR) is 84.4 cm³/mol. The van der Waals surface area contributed by atoms with Crippen LogP contribution < -0.4 is 4.74 Å². The minimum absolute atomic E-state index is 0.596. The second-order valence-corrected chi connectivity index (χ2v) is 6.42. The largest absolute Gasteiger partial charge is 0.481 e. The van der Waals surface area contributed by atoms with E-state index in [0.29, 0.717) is 10.7 Å². The van der Waals surface area contributed by atoms with E-state index in [2.05, 4.69) is 29.9 Å². The summed E-state index contributed by atoms with van der Waals surface area (Å²) in [5, 5.41) is 0. The summed E-state index contributed by atoms with van der Waals surface area (Å²) in [4.78, 5) is 10.3. The van der Waals surface area contributed by atoms with Gasteiger partial charge in [-0.05, 0) is 43.8 Å². The van der Waals surface area contributed by atoms with Gasteiger partial charge in [0.2, 0.25) is 5.88 Å². The van der Waals surface area contributed by atoms with Gasteiger partial charge in [-0.15, -0.1) is 11.3 Å². The lowest BCUT2D eigenvalue weighted by Crippen LogP contribution is -1.99. The molecule has 0 radical (unpaired) electrons. The Hall–Kier alpha value is -1.66. The first-order valence-electron chi connectivity index (χ1n) is 6.28. The summed E-state index contributed by atoms with van der Waals surface area (Å²) in [7, 11) is 1.62. The highest BCUT2D eigenvalue weighted by atomic mass is 32.1. The maximum atomic E-state index is 5.40. The van der Waals surface area contributed by atoms with Crippen LogP contribution in [0, 0.1) is 18.6 Å². The minimum Gasteiger partial charge on any atom is -0.481 e. The van der Waals surface area contributed by atoms with Gasteiger partial charge in [-0.2, -0.15) is 4.98 Å². The first kappa shape index (κ1) is 13.3. The molecular formula is C14H15N3OS2. The first-order valence-corrected chi connectivity index (χ1v) is 7.50. The average molecular weight is 305 g/mol. The molecule has 0 amide bonds. The molecule has 1 N–H and O–H groups in total. The molecule has 0 unspecified atom stereocenters. The fourth-order valence-corrected chi connectivity index (χ4v) is 3.46. The van der Waals surface area contributed by atoms with E-state index in [4.69, 9.17) is 17.0 Å². The minimum atomic E-state index is 0.596. The van der Waals surface area contributed by atoms with Crippen molar-refractivity contribution in [2.75, 3.05) is 7.11 Å². The Balaban J connectivity index is 2.10. The van der Waals surface area contributed by atoms with Crippen molar-refractivity contribution in [1.29, 1.82) is 0 Å². The average Bonchev–Trinajstić information content (AvgIpc) is 2.90. The maximum Gasteiger partial charge on any atom is 0.215 e. The highest BCUT2D eigenvalue weighted by Gasteiger charge is 2.10. The summed E-state index contributed by atoms with van der Waals surface area (Å²) in [6, 6.07) is 5.98. The van der Waals surface area contributed by atoms with Gasteiger partial charge in [0.05, 0.1) is 19.2 Å². The SMILES string of the molecule is COc1ccc2[nH]c(=S)n(Cc3cc(C)c(C)s3)c2n1.